The number of rotatable bonds is 10. The van der Waals surface area contributed by atoms with Gasteiger partial charge in [0.1, 0.15) is 0 Å². The lowest BCUT2D eigenvalue weighted by Crippen LogP contribution is -2.51. The highest BCUT2D eigenvalue weighted by Crippen LogP contribution is 2.35. The molecule has 166 valence electrons. The Morgan fingerprint density at radius 1 is 1.29 bits per heavy atom. The third kappa shape index (κ3) is 8.71. The molecule has 1 aliphatic heterocycles. The van der Waals surface area contributed by atoms with Gasteiger partial charge in [-0.25, -0.2) is 0 Å². The molecule has 0 amide bonds. The highest BCUT2D eigenvalue weighted by Gasteiger charge is 2.36. The fraction of sp³-hybridized carbons (Fsp3) is 0.952. The molecule has 28 heavy (non-hydrogen) atoms. The maximum Gasteiger partial charge on any atom is 0.191 e. The fourth-order valence-corrected chi connectivity index (χ4v) is 4.24. The summed E-state index contributed by atoms with van der Waals surface area (Å²) in [4.78, 5) is 7.34. The van der Waals surface area contributed by atoms with Crippen LogP contribution in [0.1, 0.15) is 52.4 Å². The molecule has 1 saturated carbocycles. The average Bonchev–Trinajstić information content (AvgIpc) is 3.15. The van der Waals surface area contributed by atoms with Crippen molar-refractivity contribution in [3.63, 3.8) is 0 Å². The Balaban J connectivity index is 0.00000392. The van der Waals surface area contributed by atoms with Crippen LogP contribution in [0.5, 0.6) is 0 Å². The Bertz CT molecular complexity index is 444. The summed E-state index contributed by atoms with van der Waals surface area (Å²) in [5.74, 6) is 2.31. The third-order valence-electron chi connectivity index (χ3n) is 6.03. The average molecular weight is 511 g/mol. The van der Waals surface area contributed by atoms with E-state index in [2.05, 4.69) is 43.5 Å². The molecule has 0 bridgehead atoms. The highest BCUT2D eigenvalue weighted by atomic mass is 127. The van der Waals surface area contributed by atoms with Crippen LogP contribution in [-0.4, -0.2) is 76.6 Å². The monoisotopic (exact) mass is 510 g/mol. The lowest BCUT2D eigenvalue weighted by molar-refractivity contribution is 0.0843. The van der Waals surface area contributed by atoms with E-state index >= 15 is 0 Å². The number of guanidine groups is 1. The van der Waals surface area contributed by atoms with E-state index in [1.165, 1.54) is 25.7 Å². The van der Waals surface area contributed by atoms with Crippen LogP contribution < -0.4 is 10.6 Å². The first-order valence-electron chi connectivity index (χ1n) is 10.9. The van der Waals surface area contributed by atoms with Crippen molar-refractivity contribution >= 4 is 29.9 Å². The summed E-state index contributed by atoms with van der Waals surface area (Å²) < 4.78 is 11.2. The number of hydrogen-bond donors (Lipinski definition) is 2. The van der Waals surface area contributed by atoms with Crippen molar-refractivity contribution in [1.29, 1.82) is 0 Å². The van der Waals surface area contributed by atoms with E-state index in [0.717, 1.165) is 70.8 Å². The van der Waals surface area contributed by atoms with Crippen LogP contribution in [0.25, 0.3) is 0 Å². The SMILES string of the molecule is CCNC(=NCC1(N(C)C)CCCC(C)C1)NCCCOCC1CCOC1.I. The molecule has 0 aromatic heterocycles. The standard InChI is InChI=1S/C21H42N4O2.HI/c1-5-22-20(23-11-7-12-26-15-19-9-13-27-16-19)24-17-21(25(3)4)10-6-8-18(2)14-21;/h18-19H,5-17H2,1-4H3,(H2,22,23,24);1H. The third-order valence-corrected chi connectivity index (χ3v) is 6.03. The van der Waals surface area contributed by atoms with E-state index in [0.29, 0.717) is 5.92 Å². The van der Waals surface area contributed by atoms with Gasteiger partial charge in [-0.2, -0.15) is 0 Å². The van der Waals surface area contributed by atoms with Gasteiger partial charge in [-0.1, -0.05) is 19.8 Å². The number of hydrogen-bond acceptors (Lipinski definition) is 4. The predicted molar refractivity (Wildman–Crippen MR) is 128 cm³/mol. The quantitative estimate of drug-likeness (QED) is 0.205. The minimum Gasteiger partial charge on any atom is -0.381 e. The Labute approximate surface area is 189 Å². The first-order chi connectivity index (χ1) is 13.1. The number of nitrogens with zero attached hydrogens (tertiary/aromatic N) is 2. The second-order valence-corrected chi connectivity index (χ2v) is 8.60. The topological polar surface area (TPSA) is 58.1 Å². The first kappa shape index (κ1) is 25.9. The maximum absolute atomic E-state index is 5.79. The van der Waals surface area contributed by atoms with Gasteiger partial charge in [0.15, 0.2) is 5.96 Å². The Morgan fingerprint density at radius 3 is 2.75 bits per heavy atom. The van der Waals surface area contributed by atoms with Crippen molar-refractivity contribution in [3.8, 4) is 0 Å². The van der Waals surface area contributed by atoms with Crippen LogP contribution >= 0.6 is 24.0 Å². The molecule has 0 aromatic carbocycles. The largest absolute Gasteiger partial charge is 0.381 e. The van der Waals surface area contributed by atoms with Crippen molar-refractivity contribution in [2.45, 2.75) is 57.9 Å². The molecule has 2 fully saturated rings. The smallest absolute Gasteiger partial charge is 0.191 e. The van der Waals surface area contributed by atoms with E-state index in [4.69, 9.17) is 14.5 Å². The molecule has 2 rings (SSSR count). The minimum atomic E-state index is 0. The van der Waals surface area contributed by atoms with Crippen LogP contribution in [0.2, 0.25) is 0 Å². The van der Waals surface area contributed by atoms with Crippen molar-refractivity contribution in [2.24, 2.45) is 16.8 Å². The number of likely N-dealkylation sites (N-methyl/N-ethyl adjacent to an activating group) is 1. The molecule has 2 aliphatic rings. The van der Waals surface area contributed by atoms with Gasteiger partial charge in [0, 0.05) is 37.8 Å². The van der Waals surface area contributed by atoms with E-state index in [1.54, 1.807) is 0 Å². The molecule has 0 aromatic rings. The van der Waals surface area contributed by atoms with Crippen LogP contribution in [0.15, 0.2) is 4.99 Å². The van der Waals surface area contributed by atoms with Gasteiger partial charge in [-0.15, -0.1) is 24.0 Å². The summed E-state index contributed by atoms with van der Waals surface area (Å²) in [6.07, 6.45) is 7.27. The molecule has 1 heterocycles. The summed E-state index contributed by atoms with van der Waals surface area (Å²) in [5.41, 5.74) is 0.201. The molecule has 0 radical (unpaired) electrons. The van der Waals surface area contributed by atoms with E-state index in [1.807, 2.05) is 0 Å². The van der Waals surface area contributed by atoms with Crippen LogP contribution in [0.4, 0.5) is 0 Å². The molecule has 6 nitrogen and oxygen atoms in total. The molecule has 7 heteroatoms. The van der Waals surface area contributed by atoms with Gasteiger partial charge in [0.05, 0.1) is 19.8 Å². The lowest BCUT2D eigenvalue weighted by Gasteiger charge is -2.44. The summed E-state index contributed by atoms with van der Waals surface area (Å²) >= 11 is 0. The molecular formula is C21H43IN4O2. The van der Waals surface area contributed by atoms with Crippen LogP contribution in [0, 0.1) is 11.8 Å². The molecule has 2 N–H and O–H groups in total. The molecule has 3 atom stereocenters. The van der Waals surface area contributed by atoms with Crippen LogP contribution in [0.3, 0.4) is 0 Å². The summed E-state index contributed by atoms with van der Waals surface area (Å²) in [7, 11) is 4.42. The fourth-order valence-electron chi connectivity index (χ4n) is 4.24. The van der Waals surface area contributed by atoms with Crippen molar-refractivity contribution in [1.82, 2.24) is 15.5 Å². The second-order valence-electron chi connectivity index (χ2n) is 8.60. The summed E-state index contributed by atoms with van der Waals surface area (Å²) in [5, 5.41) is 6.86. The normalized spacial score (nSPS) is 28.2. The number of ether oxygens (including phenoxy) is 2. The Hall–Kier alpha value is -0.120. The van der Waals surface area contributed by atoms with Gasteiger partial charge >= 0.3 is 0 Å². The molecule has 1 aliphatic carbocycles. The number of aliphatic imine (C=N–C) groups is 1. The molecule has 1 saturated heterocycles. The lowest BCUT2D eigenvalue weighted by atomic mass is 9.75. The first-order valence-corrected chi connectivity index (χ1v) is 10.9. The number of nitrogens with one attached hydrogen (secondary N) is 2. The summed E-state index contributed by atoms with van der Waals surface area (Å²) in [6, 6.07) is 0. The Morgan fingerprint density at radius 2 is 2.11 bits per heavy atom. The van der Waals surface area contributed by atoms with Gasteiger partial charge in [0.2, 0.25) is 0 Å². The zero-order valence-corrected chi connectivity index (χ0v) is 20.8. The predicted octanol–water partition coefficient (Wildman–Crippen LogP) is 3.11. The van der Waals surface area contributed by atoms with Crippen LogP contribution in [-0.2, 0) is 9.47 Å². The van der Waals surface area contributed by atoms with Gasteiger partial charge in [-0.05, 0) is 52.6 Å². The zero-order valence-electron chi connectivity index (χ0n) is 18.5. The van der Waals surface area contributed by atoms with Gasteiger partial charge in [0.25, 0.3) is 0 Å². The molecule has 3 unspecified atom stereocenters. The van der Waals surface area contributed by atoms with E-state index in [9.17, 15) is 0 Å². The second kappa shape index (κ2) is 14.0. The van der Waals surface area contributed by atoms with E-state index < -0.39 is 0 Å². The summed E-state index contributed by atoms with van der Waals surface area (Å²) in [6.45, 7) is 10.5. The van der Waals surface area contributed by atoms with Crippen molar-refractivity contribution in [3.05, 3.63) is 0 Å². The van der Waals surface area contributed by atoms with Gasteiger partial charge < -0.3 is 25.0 Å². The van der Waals surface area contributed by atoms with E-state index in [-0.39, 0.29) is 29.5 Å². The number of halogens is 1. The maximum atomic E-state index is 5.79. The Kier molecular flexibility index (Phi) is 12.9. The van der Waals surface area contributed by atoms with Gasteiger partial charge in [-0.3, -0.25) is 4.99 Å². The molecular weight excluding hydrogens is 467 g/mol. The zero-order chi connectivity index (χ0) is 19.5. The van der Waals surface area contributed by atoms with Crippen molar-refractivity contribution in [2.75, 3.05) is 60.2 Å². The minimum absolute atomic E-state index is 0. The highest BCUT2D eigenvalue weighted by molar-refractivity contribution is 14.0. The molecule has 0 spiro atoms. The van der Waals surface area contributed by atoms with Crippen molar-refractivity contribution < 1.29 is 9.47 Å².